The van der Waals surface area contributed by atoms with Gasteiger partial charge in [0, 0.05) is 55.1 Å². The third-order valence-electron chi connectivity index (χ3n) is 4.75. The maximum absolute atomic E-state index is 13.1. The Labute approximate surface area is 173 Å². The molecular formula is C19H23N5O4S. The Hall–Kier alpha value is -2.85. The van der Waals surface area contributed by atoms with Gasteiger partial charge in [0.05, 0.1) is 4.92 Å². The van der Waals surface area contributed by atoms with Crippen molar-refractivity contribution in [1.29, 1.82) is 0 Å². The van der Waals surface area contributed by atoms with Crippen molar-refractivity contribution in [2.45, 2.75) is 26.3 Å². The number of nitro groups is 1. The molecule has 10 heteroatoms. The van der Waals surface area contributed by atoms with Crippen molar-refractivity contribution >= 4 is 46.6 Å². The highest BCUT2D eigenvalue weighted by Crippen LogP contribution is 2.30. The Morgan fingerprint density at radius 1 is 1.21 bits per heavy atom. The van der Waals surface area contributed by atoms with E-state index in [0.29, 0.717) is 18.7 Å². The molecule has 2 aliphatic rings. The zero-order valence-electron chi connectivity index (χ0n) is 16.5. The minimum Gasteiger partial charge on any atom is -0.368 e. The van der Waals surface area contributed by atoms with Gasteiger partial charge < -0.3 is 10.2 Å². The fourth-order valence-electron chi connectivity index (χ4n) is 3.39. The molecule has 2 amide bonds. The monoisotopic (exact) mass is 417 g/mol. The van der Waals surface area contributed by atoms with Crippen LogP contribution in [0.5, 0.6) is 0 Å². The van der Waals surface area contributed by atoms with Crippen LogP contribution in [0.2, 0.25) is 0 Å². The van der Waals surface area contributed by atoms with Gasteiger partial charge in [-0.15, -0.1) is 0 Å². The number of hydrogen-bond acceptors (Lipinski definition) is 7. The quantitative estimate of drug-likeness (QED) is 0.252. The molecule has 0 aromatic heterocycles. The third kappa shape index (κ3) is 4.28. The van der Waals surface area contributed by atoms with Crippen molar-refractivity contribution in [1.82, 2.24) is 15.5 Å². The average molecular weight is 417 g/mol. The molecule has 0 bridgehead atoms. The van der Waals surface area contributed by atoms with E-state index >= 15 is 0 Å². The maximum Gasteiger partial charge on any atom is 0.270 e. The summed E-state index contributed by atoms with van der Waals surface area (Å²) in [6.45, 7) is 8.42. The summed E-state index contributed by atoms with van der Waals surface area (Å²) in [7, 11) is 0. The summed E-state index contributed by atoms with van der Waals surface area (Å²) in [4.78, 5) is 39.8. The summed E-state index contributed by atoms with van der Waals surface area (Å²) in [6.07, 6.45) is 1.42. The molecule has 29 heavy (non-hydrogen) atoms. The van der Waals surface area contributed by atoms with Crippen molar-refractivity contribution in [3.8, 4) is 0 Å². The number of nitrogens with one attached hydrogen (secondary N) is 2. The minimum atomic E-state index is -0.634. The average Bonchev–Trinajstić information content (AvgIpc) is 2.64. The number of piperazine rings is 1. The number of rotatable bonds is 3. The van der Waals surface area contributed by atoms with Crippen LogP contribution in [0.15, 0.2) is 23.8 Å². The van der Waals surface area contributed by atoms with Crippen molar-refractivity contribution in [3.05, 3.63) is 39.4 Å². The van der Waals surface area contributed by atoms with E-state index in [0.717, 1.165) is 18.8 Å². The number of hydrogen-bond donors (Lipinski definition) is 2. The van der Waals surface area contributed by atoms with Crippen molar-refractivity contribution in [3.63, 3.8) is 0 Å². The summed E-state index contributed by atoms with van der Waals surface area (Å²) in [5, 5.41) is 17.1. The van der Waals surface area contributed by atoms with Crippen LogP contribution < -0.4 is 15.5 Å². The predicted octanol–water partition coefficient (Wildman–Crippen LogP) is 1.43. The second-order valence-electron chi connectivity index (χ2n) is 7.87. The largest absolute Gasteiger partial charge is 0.368 e. The molecule has 3 rings (SSSR count). The lowest BCUT2D eigenvalue weighted by Crippen LogP contribution is -2.60. The standard InChI is InChI=1S/C19H23N5O4S/c1-19(2,3)23-17(26)14(16(25)21-18(23)29)11-12-10-13(24(27)28)4-5-15(12)22-8-6-20-7-9-22/h4-5,10-11,20H,6-9H2,1-3H3,(H,21,25,29)/b14-11-. The Balaban J connectivity index is 2.10. The molecule has 1 aromatic carbocycles. The number of benzene rings is 1. The minimum absolute atomic E-state index is 0.0472. The molecule has 2 fully saturated rings. The van der Waals surface area contributed by atoms with Gasteiger partial charge in [-0.1, -0.05) is 0 Å². The van der Waals surface area contributed by atoms with Gasteiger partial charge in [0.25, 0.3) is 17.5 Å². The molecule has 0 aliphatic carbocycles. The van der Waals surface area contributed by atoms with Crippen LogP contribution in [0.1, 0.15) is 26.3 Å². The zero-order chi connectivity index (χ0) is 21.3. The lowest BCUT2D eigenvalue weighted by atomic mass is 10.00. The third-order valence-corrected chi connectivity index (χ3v) is 5.04. The highest BCUT2D eigenvalue weighted by Gasteiger charge is 2.39. The molecule has 9 nitrogen and oxygen atoms in total. The Morgan fingerprint density at radius 3 is 2.45 bits per heavy atom. The molecule has 2 saturated heterocycles. The van der Waals surface area contributed by atoms with Gasteiger partial charge in [-0.3, -0.25) is 29.9 Å². The first-order valence-corrected chi connectivity index (χ1v) is 9.66. The Morgan fingerprint density at radius 2 is 1.86 bits per heavy atom. The summed E-state index contributed by atoms with van der Waals surface area (Å²) < 4.78 is 0. The van der Waals surface area contributed by atoms with Gasteiger partial charge in [-0.2, -0.15) is 0 Å². The first-order chi connectivity index (χ1) is 13.6. The lowest BCUT2D eigenvalue weighted by Gasteiger charge is -2.38. The highest BCUT2D eigenvalue weighted by atomic mass is 32.1. The first kappa shape index (κ1) is 20.9. The van der Waals surface area contributed by atoms with E-state index in [1.807, 2.05) is 20.8 Å². The summed E-state index contributed by atoms with van der Waals surface area (Å²) in [5.74, 6) is -1.14. The van der Waals surface area contributed by atoms with Crippen LogP contribution in [-0.4, -0.2) is 58.5 Å². The Kier molecular flexibility index (Phi) is 5.67. The topological polar surface area (TPSA) is 108 Å². The van der Waals surface area contributed by atoms with E-state index in [4.69, 9.17) is 12.2 Å². The van der Waals surface area contributed by atoms with E-state index in [-0.39, 0.29) is 16.4 Å². The van der Waals surface area contributed by atoms with Gasteiger partial charge in [0.15, 0.2) is 5.11 Å². The molecule has 2 N–H and O–H groups in total. The summed E-state index contributed by atoms with van der Waals surface area (Å²) >= 11 is 5.17. The first-order valence-electron chi connectivity index (χ1n) is 9.25. The smallest absolute Gasteiger partial charge is 0.270 e. The SMILES string of the molecule is CC(C)(C)N1C(=O)/C(=C\c2cc([N+](=O)[O-])ccc2N2CCNCC2)C(=O)NC1=S. The second kappa shape index (κ2) is 7.88. The number of carbonyl (C=O) groups is 2. The fourth-order valence-corrected chi connectivity index (χ4v) is 3.84. The van der Waals surface area contributed by atoms with Crippen molar-refractivity contribution < 1.29 is 14.5 Å². The van der Waals surface area contributed by atoms with Gasteiger partial charge in [-0.25, -0.2) is 0 Å². The number of nitro benzene ring substituents is 1. The van der Waals surface area contributed by atoms with Gasteiger partial charge in [0.2, 0.25) is 0 Å². The highest BCUT2D eigenvalue weighted by molar-refractivity contribution is 7.80. The Bertz CT molecular complexity index is 916. The van der Waals surface area contributed by atoms with Crippen LogP contribution >= 0.6 is 12.2 Å². The van der Waals surface area contributed by atoms with Crippen LogP contribution in [0.4, 0.5) is 11.4 Å². The number of carbonyl (C=O) groups excluding carboxylic acids is 2. The lowest BCUT2D eigenvalue weighted by molar-refractivity contribution is -0.384. The van der Waals surface area contributed by atoms with Crippen molar-refractivity contribution in [2.75, 3.05) is 31.1 Å². The van der Waals surface area contributed by atoms with E-state index < -0.39 is 22.3 Å². The molecule has 2 heterocycles. The number of non-ortho nitro benzene ring substituents is 1. The van der Waals surface area contributed by atoms with E-state index in [2.05, 4.69) is 15.5 Å². The van der Waals surface area contributed by atoms with Crippen LogP contribution in [0, 0.1) is 10.1 Å². The van der Waals surface area contributed by atoms with E-state index in [1.54, 1.807) is 6.07 Å². The molecule has 0 unspecified atom stereocenters. The van der Waals surface area contributed by atoms with Gasteiger partial charge in [-0.05, 0) is 45.1 Å². The maximum atomic E-state index is 13.1. The fraction of sp³-hybridized carbons (Fsp3) is 0.421. The summed E-state index contributed by atoms with van der Waals surface area (Å²) in [5.41, 5.74) is 0.334. The number of amides is 2. The molecule has 0 atom stereocenters. The molecule has 154 valence electrons. The van der Waals surface area contributed by atoms with Crippen LogP contribution in [-0.2, 0) is 9.59 Å². The van der Waals surface area contributed by atoms with E-state index in [1.165, 1.54) is 23.1 Å². The van der Waals surface area contributed by atoms with E-state index in [9.17, 15) is 19.7 Å². The van der Waals surface area contributed by atoms with Crippen molar-refractivity contribution in [2.24, 2.45) is 0 Å². The number of thiocarbonyl (C=S) groups is 1. The number of anilines is 1. The molecule has 0 saturated carbocycles. The second-order valence-corrected chi connectivity index (χ2v) is 8.25. The van der Waals surface area contributed by atoms with Crippen LogP contribution in [0.3, 0.4) is 0 Å². The molecule has 0 radical (unpaired) electrons. The van der Waals surface area contributed by atoms with Crippen LogP contribution in [0.25, 0.3) is 6.08 Å². The normalized spacial score (nSPS) is 19.6. The molecule has 1 aromatic rings. The van der Waals surface area contributed by atoms with Gasteiger partial charge in [0.1, 0.15) is 5.57 Å². The predicted molar refractivity (Wildman–Crippen MR) is 113 cm³/mol. The van der Waals surface area contributed by atoms with Gasteiger partial charge >= 0.3 is 0 Å². The zero-order valence-corrected chi connectivity index (χ0v) is 17.3. The molecular weight excluding hydrogens is 394 g/mol. The molecule has 2 aliphatic heterocycles. The number of nitrogens with zero attached hydrogens (tertiary/aromatic N) is 3. The summed E-state index contributed by atoms with van der Waals surface area (Å²) in [6, 6.07) is 4.48. The molecule has 0 spiro atoms.